The van der Waals surface area contributed by atoms with Crippen LogP contribution in [-0.4, -0.2) is 48.3 Å². The van der Waals surface area contributed by atoms with Gasteiger partial charge in [-0.05, 0) is 31.4 Å². The van der Waals surface area contributed by atoms with Crippen LogP contribution in [-0.2, 0) is 4.74 Å². The number of aliphatic hydroxyl groups excluding tert-OH is 1. The molecule has 1 fully saturated rings. The number of aliphatic hydroxyl groups is 1. The van der Waals surface area contributed by atoms with Crippen LogP contribution < -0.4 is 0 Å². The Hall–Kier alpha value is -1.17. The molecule has 0 saturated carbocycles. The van der Waals surface area contributed by atoms with E-state index in [0.717, 1.165) is 0 Å². The molecular formula is C15H19ClFNO3. The summed E-state index contributed by atoms with van der Waals surface area (Å²) < 4.78 is 19.4. The average molecular weight is 316 g/mol. The molecule has 0 bridgehead atoms. The second-order valence-electron chi connectivity index (χ2n) is 5.04. The Morgan fingerprint density at radius 2 is 2.14 bits per heavy atom. The zero-order valence-corrected chi connectivity index (χ0v) is 12.5. The topological polar surface area (TPSA) is 49.8 Å². The summed E-state index contributed by atoms with van der Waals surface area (Å²) in [4.78, 5) is 13.9. The quantitative estimate of drug-likeness (QED) is 0.849. The van der Waals surface area contributed by atoms with E-state index >= 15 is 0 Å². The molecule has 0 spiro atoms. The van der Waals surface area contributed by atoms with Crippen LogP contribution in [0.15, 0.2) is 18.2 Å². The van der Waals surface area contributed by atoms with Crippen LogP contribution in [0, 0.1) is 5.82 Å². The lowest BCUT2D eigenvalue weighted by atomic mass is 10.1. The van der Waals surface area contributed by atoms with Crippen molar-refractivity contribution < 1.29 is 19.0 Å². The van der Waals surface area contributed by atoms with Crippen LogP contribution in [0.3, 0.4) is 0 Å². The number of carbonyl (C=O) groups is 1. The van der Waals surface area contributed by atoms with Gasteiger partial charge in [0.25, 0.3) is 5.91 Å². The number of nitrogens with zero attached hydrogens (tertiary/aromatic N) is 1. The standard InChI is InChI=1S/C15H19ClFNO3/c16-12-3-1-4-13(17)14(12)15(20)18-7-5-11(6-8-18)21-10-2-9-19/h1,3-4,11,19H,2,5-10H2. The SMILES string of the molecule is O=C(c1c(F)cccc1Cl)N1CCC(OCCCO)CC1. The molecule has 1 N–H and O–H groups in total. The van der Waals surface area contributed by atoms with E-state index in [1.807, 2.05) is 0 Å². The molecule has 1 aromatic carbocycles. The Balaban J connectivity index is 1.91. The fourth-order valence-electron chi connectivity index (χ4n) is 2.40. The third-order valence-electron chi connectivity index (χ3n) is 3.56. The molecule has 0 unspecified atom stereocenters. The Morgan fingerprint density at radius 1 is 1.43 bits per heavy atom. The molecule has 1 aliphatic heterocycles. The predicted octanol–water partition coefficient (Wildman–Crippen LogP) is 2.48. The number of rotatable bonds is 5. The van der Waals surface area contributed by atoms with Gasteiger partial charge in [-0.1, -0.05) is 17.7 Å². The van der Waals surface area contributed by atoms with Crippen molar-refractivity contribution in [1.82, 2.24) is 4.90 Å². The van der Waals surface area contributed by atoms with Gasteiger partial charge in [-0.15, -0.1) is 0 Å². The van der Waals surface area contributed by atoms with Crippen LogP contribution in [0.5, 0.6) is 0 Å². The number of carbonyl (C=O) groups excluding carboxylic acids is 1. The van der Waals surface area contributed by atoms with E-state index in [2.05, 4.69) is 0 Å². The molecule has 0 radical (unpaired) electrons. The third-order valence-corrected chi connectivity index (χ3v) is 3.88. The van der Waals surface area contributed by atoms with Crippen LogP contribution >= 0.6 is 11.6 Å². The smallest absolute Gasteiger partial charge is 0.258 e. The molecular weight excluding hydrogens is 297 g/mol. The van der Waals surface area contributed by atoms with Crippen LogP contribution in [0.25, 0.3) is 0 Å². The molecule has 0 atom stereocenters. The fraction of sp³-hybridized carbons (Fsp3) is 0.533. The minimum absolute atomic E-state index is 0.0567. The van der Waals surface area contributed by atoms with Gasteiger partial charge in [0.1, 0.15) is 5.82 Å². The number of halogens is 2. The van der Waals surface area contributed by atoms with Gasteiger partial charge in [-0.3, -0.25) is 4.79 Å². The molecule has 0 aliphatic carbocycles. The van der Waals surface area contributed by atoms with Crippen molar-refractivity contribution in [3.63, 3.8) is 0 Å². The molecule has 0 aromatic heterocycles. The van der Waals surface area contributed by atoms with Gasteiger partial charge in [0.15, 0.2) is 0 Å². The van der Waals surface area contributed by atoms with Crippen LogP contribution in [0.1, 0.15) is 29.6 Å². The average Bonchev–Trinajstić information content (AvgIpc) is 2.48. The Kier molecular flexibility index (Phi) is 5.96. The van der Waals surface area contributed by atoms with Crippen molar-refractivity contribution in [2.24, 2.45) is 0 Å². The first-order valence-electron chi connectivity index (χ1n) is 7.09. The maximum absolute atomic E-state index is 13.8. The fourth-order valence-corrected chi connectivity index (χ4v) is 2.64. The van der Waals surface area contributed by atoms with Gasteiger partial charge in [0.2, 0.25) is 0 Å². The van der Waals surface area contributed by atoms with E-state index in [9.17, 15) is 9.18 Å². The number of piperidine rings is 1. The molecule has 1 aromatic rings. The van der Waals surface area contributed by atoms with E-state index < -0.39 is 5.82 Å². The number of likely N-dealkylation sites (tertiary alicyclic amines) is 1. The highest BCUT2D eigenvalue weighted by Gasteiger charge is 2.26. The largest absolute Gasteiger partial charge is 0.396 e. The molecule has 4 nitrogen and oxygen atoms in total. The number of ether oxygens (including phenoxy) is 1. The van der Waals surface area contributed by atoms with Gasteiger partial charge in [-0.2, -0.15) is 0 Å². The summed E-state index contributed by atoms with van der Waals surface area (Å²) in [6.45, 7) is 1.68. The van der Waals surface area contributed by atoms with Crippen molar-refractivity contribution in [3.05, 3.63) is 34.6 Å². The highest BCUT2D eigenvalue weighted by molar-refractivity contribution is 6.33. The van der Waals surface area contributed by atoms with E-state index in [1.165, 1.54) is 18.2 Å². The van der Waals surface area contributed by atoms with Crippen molar-refractivity contribution >= 4 is 17.5 Å². The minimum Gasteiger partial charge on any atom is -0.396 e. The maximum atomic E-state index is 13.8. The van der Waals surface area contributed by atoms with E-state index in [4.69, 9.17) is 21.4 Å². The number of benzene rings is 1. The highest BCUT2D eigenvalue weighted by Crippen LogP contribution is 2.23. The van der Waals surface area contributed by atoms with Crippen molar-refractivity contribution in [3.8, 4) is 0 Å². The van der Waals surface area contributed by atoms with Crippen molar-refractivity contribution in [2.75, 3.05) is 26.3 Å². The van der Waals surface area contributed by atoms with Crippen LogP contribution in [0.2, 0.25) is 5.02 Å². The normalized spacial score (nSPS) is 16.2. The minimum atomic E-state index is -0.589. The first-order chi connectivity index (χ1) is 10.1. The molecule has 21 heavy (non-hydrogen) atoms. The second kappa shape index (κ2) is 7.73. The zero-order valence-electron chi connectivity index (χ0n) is 11.7. The maximum Gasteiger partial charge on any atom is 0.258 e. The predicted molar refractivity (Wildman–Crippen MR) is 78.0 cm³/mol. The summed E-state index contributed by atoms with van der Waals surface area (Å²) in [6, 6.07) is 4.24. The zero-order chi connectivity index (χ0) is 15.2. The molecule has 1 aliphatic rings. The monoisotopic (exact) mass is 315 g/mol. The first kappa shape index (κ1) is 16.2. The summed E-state index contributed by atoms with van der Waals surface area (Å²) in [5.74, 6) is -0.958. The molecule has 2 rings (SSSR count). The van der Waals surface area contributed by atoms with Crippen molar-refractivity contribution in [1.29, 1.82) is 0 Å². The van der Waals surface area contributed by atoms with Crippen molar-refractivity contribution in [2.45, 2.75) is 25.4 Å². The van der Waals surface area contributed by atoms with Gasteiger partial charge in [0.05, 0.1) is 16.7 Å². The first-order valence-corrected chi connectivity index (χ1v) is 7.47. The molecule has 116 valence electrons. The summed E-state index contributed by atoms with van der Waals surface area (Å²) in [5.41, 5.74) is -0.0567. The number of amides is 1. The van der Waals surface area contributed by atoms with Gasteiger partial charge in [0, 0.05) is 26.3 Å². The lowest BCUT2D eigenvalue weighted by Gasteiger charge is -2.32. The van der Waals surface area contributed by atoms with E-state index in [-0.39, 0.29) is 29.2 Å². The number of hydrogen-bond donors (Lipinski definition) is 1. The van der Waals surface area contributed by atoms with Gasteiger partial charge in [-0.25, -0.2) is 4.39 Å². The summed E-state index contributed by atoms with van der Waals surface area (Å²) in [7, 11) is 0. The summed E-state index contributed by atoms with van der Waals surface area (Å²) >= 11 is 5.92. The summed E-state index contributed by atoms with van der Waals surface area (Å²) in [6.07, 6.45) is 2.13. The second-order valence-corrected chi connectivity index (χ2v) is 5.44. The molecule has 1 amide bonds. The third kappa shape index (κ3) is 4.15. The lowest BCUT2D eigenvalue weighted by Crippen LogP contribution is -2.41. The Morgan fingerprint density at radius 3 is 2.76 bits per heavy atom. The highest BCUT2D eigenvalue weighted by atomic mass is 35.5. The lowest BCUT2D eigenvalue weighted by molar-refractivity contribution is 0.00389. The molecule has 1 saturated heterocycles. The summed E-state index contributed by atoms with van der Waals surface area (Å²) in [5, 5.41) is 8.85. The van der Waals surface area contributed by atoms with E-state index in [1.54, 1.807) is 4.90 Å². The number of hydrogen-bond acceptors (Lipinski definition) is 3. The van der Waals surface area contributed by atoms with Gasteiger partial charge >= 0.3 is 0 Å². The van der Waals surface area contributed by atoms with E-state index in [0.29, 0.717) is 39.0 Å². The molecule has 1 heterocycles. The Bertz CT molecular complexity index is 470. The van der Waals surface area contributed by atoms with Crippen LogP contribution in [0.4, 0.5) is 4.39 Å². The van der Waals surface area contributed by atoms with Gasteiger partial charge < -0.3 is 14.7 Å². The Labute approximate surface area is 128 Å². The molecule has 6 heteroatoms.